The number of aromatic nitrogens is 2. The van der Waals surface area contributed by atoms with Gasteiger partial charge < -0.3 is 19.0 Å². The Morgan fingerprint density at radius 2 is 1.69 bits per heavy atom. The van der Waals surface area contributed by atoms with Crippen molar-refractivity contribution in [3.63, 3.8) is 0 Å². The van der Waals surface area contributed by atoms with Crippen molar-refractivity contribution in [2.45, 2.75) is 76.4 Å². The molecule has 12 heteroatoms. The molecule has 11 nitrogen and oxygen atoms in total. The van der Waals surface area contributed by atoms with Crippen molar-refractivity contribution in [3.8, 4) is 0 Å². The standard InChI is InChI=1S/C23H30N4O7S/c1-22(2,3)32-20(29)31-18-14(12-35-19-24-9-7-10-25-19)13-8-11-26(16-15(13)27(18)17(16)28)34-21(30)33-23(4,5)6/h7,9-10,13,15-16H,8,11-12H2,1-6H3/t13?,15-,16+/m1/s1. The van der Waals surface area contributed by atoms with Crippen molar-refractivity contribution in [2.75, 3.05) is 12.3 Å². The Hall–Kier alpha value is -2.86. The van der Waals surface area contributed by atoms with Crippen LogP contribution in [0.5, 0.6) is 0 Å². The highest BCUT2D eigenvalue weighted by molar-refractivity contribution is 7.99. The number of hydrogen-bond donors (Lipinski definition) is 0. The van der Waals surface area contributed by atoms with Crippen LogP contribution in [0.25, 0.3) is 0 Å². The third kappa shape index (κ3) is 5.53. The molecule has 0 saturated carbocycles. The van der Waals surface area contributed by atoms with Gasteiger partial charge in [-0.05, 0) is 54.0 Å². The molecule has 3 aliphatic heterocycles. The van der Waals surface area contributed by atoms with Gasteiger partial charge in [0, 0.05) is 36.2 Å². The maximum absolute atomic E-state index is 13.2. The fraction of sp³-hybridized carbons (Fsp3) is 0.609. The number of β-lactam (4-membered cyclic amide) rings is 1. The lowest BCUT2D eigenvalue weighted by atomic mass is 9.79. The average molecular weight is 507 g/mol. The maximum atomic E-state index is 13.2. The van der Waals surface area contributed by atoms with Crippen molar-refractivity contribution in [1.82, 2.24) is 19.9 Å². The second kappa shape index (κ2) is 9.30. The lowest BCUT2D eigenvalue weighted by Gasteiger charge is -2.51. The summed E-state index contributed by atoms with van der Waals surface area (Å²) < 4.78 is 16.2. The highest BCUT2D eigenvalue weighted by Crippen LogP contribution is 2.50. The van der Waals surface area contributed by atoms with E-state index in [1.54, 1.807) is 60.0 Å². The molecule has 1 amide bonds. The molecule has 2 saturated heterocycles. The summed E-state index contributed by atoms with van der Waals surface area (Å²) in [7, 11) is 0. The summed E-state index contributed by atoms with van der Waals surface area (Å²) in [5, 5.41) is 1.94. The van der Waals surface area contributed by atoms with Crippen LogP contribution in [0, 0.1) is 5.92 Å². The minimum Gasteiger partial charge on any atom is -0.428 e. The van der Waals surface area contributed by atoms with E-state index in [-0.39, 0.29) is 23.8 Å². The van der Waals surface area contributed by atoms with Crippen molar-refractivity contribution in [1.29, 1.82) is 0 Å². The first kappa shape index (κ1) is 25.2. The molecule has 0 aromatic carbocycles. The third-order valence-corrected chi connectivity index (χ3v) is 6.41. The van der Waals surface area contributed by atoms with Gasteiger partial charge in [-0.1, -0.05) is 11.8 Å². The molecular weight excluding hydrogens is 476 g/mol. The number of hydrogen-bond acceptors (Lipinski definition) is 11. The van der Waals surface area contributed by atoms with Crippen LogP contribution in [0.3, 0.4) is 0 Å². The molecule has 2 fully saturated rings. The number of hydroxylamine groups is 2. The summed E-state index contributed by atoms with van der Waals surface area (Å²) in [4.78, 5) is 53.2. The van der Waals surface area contributed by atoms with Gasteiger partial charge in [0.2, 0.25) is 5.88 Å². The van der Waals surface area contributed by atoms with E-state index in [4.69, 9.17) is 19.0 Å². The molecule has 0 radical (unpaired) electrons. The summed E-state index contributed by atoms with van der Waals surface area (Å²) in [6.45, 7) is 10.7. The Bertz CT molecular complexity index is 1030. The maximum Gasteiger partial charge on any atom is 0.528 e. The van der Waals surface area contributed by atoms with Crippen molar-refractivity contribution < 1.29 is 33.4 Å². The zero-order valence-corrected chi connectivity index (χ0v) is 21.5. The fourth-order valence-corrected chi connectivity index (χ4v) is 5.19. The quantitative estimate of drug-likeness (QED) is 0.252. The Balaban J connectivity index is 1.54. The molecule has 190 valence electrons. The van der Waals surface area contributed by atoms with Crippen molar-refractivity contribution in [2.24, 2.45) is 5.92 Å². The molecule has 0 bridgehead atoms. The number of nitrogens with zero attached hydrogens (tertiary/aromatic N) is 4. The summed E-state index contributed by atoms with van der Waals surface area (Å²) in [5.74, 6) is 0.202. The van der Waals surface area contributed by atoms with Crippen LogP contribution in [0.1, 0.15) is 48.0 Å². The number of ether oxygens (including phenoxy) is 3. The Labute approximate surface area is 208 Å². The smallest absolute Gasteiger partial charge is 0.428 e. The summed E-state index contributed by atoms with van der Waals surface area (Å²) >= 11 is 1.39. The predicted molar refractivity (Wildman–Crippen MR) is 124 cm³/mol. The van der Waals surface area contributed by atoms with Gasteiger partial charge in [-0.25, -0.2) is 19.6 Å². The van der Waals surface area contributed by atoms with Gasteiger partial charge in [0.25, 0.3) is 5.91 Å². The zero-order valence-electron chi connectivity index (χ0n) is 20.6. The SMILES string of the molecule is CC(C)(C)OC(=O)OC1=C(CSc2ncccn2)C2CCN(OC(=O)OC(C)(C)C)[C@@H]3C(=O)N1[C@H]23. The van der Waals surface area contributed by atoms with Crippen LogP contribution < -0.4 is 0 Å². The monoisotopic (exact) mass is 506 g/mol. The number of amides is 1. The minimum absolute atomic E-state index is 0.0789. The van der Waals surface area contributed by atoms with Crippen molar-refractivity contribution >= 4 is 30.0 Å². The fourth-order valence-electron chi connectivity index (χ4n) is 4.30. The summed E-state index contributed by atoms with van der Waals surface area (Å²) in [6, 6.07) is 0.711. The largest absolute Gasteiger partial charge is 0.528 e. The molecule has 1 aromatic heterocycles. The lowest BCUT2D eigenvalue weighted by Crippen LogP contribution is -2.72. The Morgan fingerprint density at radius 1 is 1.06 bits per heavy atom. The van der Waals surface area contributed by atoms with E-state index in [2.05, 4.69) is 9.97 Å². The first-order valence-corrected chi connectivity index (χ1v) is 12.4. The number of carbonyl (C=O) groups excluding carboxylic acids is 3. The van der Waals surface area contributed by atoms with Gasteiger partial charge in [-0.15, -0.1) is 5.06 Å². The first-order valence-electron chi connectivity index (χ1n) is 11.4. The predicted octanol–water partition coefficient (Wildman–Crippen LogP) is 3.51. The number of carbonyl (C=O) groups is 3. The second-order valence-corrected chi connectivity index (χ2v) is 11.4. The van der Waals surface area contributed by atoms with Crippen LogP contribution >= 0.6 is 11.8 Å². The van der Waals surface area contributed by atoms with Gasteiger partial charge in [0.15, 0.2) is 5.16 Å². The van der Waals surface area contributed by atoms with Crippen LogP contribution in [-0.2, 0) is 23.8 Å². The molecule has 35 heavy (non-hydrogen) atoms. The van der Waals surface area contributed by atoms with E-state index in [9.17, 15) is 14.4 Å². The molecule has 0 spiro atoms. The molecule has 4 heterocycles. The van der Waals surface area contributed by atoms with Crippen LogP contribution in [-0.4, -0.2) is 73.7 Å². The lowest BCUT2D eigenvalue weighted by molar-refractivity contribution is -0.223. The van der Waals surface area contributed by atoms with E-state index >= 15 is 0 Å². The van der Waals surface area contributed by atoms with Gasteiger partial charge in [0.05, 0.1) is 6.04 Å². The van der Waals surface area contributed by atoms with Gasteiger partial charge in [0.1, 0.15) is 17.2 Å². The van der Waals surface area contributed by atoms with Gasteiger partial charge in [-0.3, -0.25) is 9.69 Å². The molecule has 3 atom stereocenters. The van der Waals surface area contributed by atoms with E-state index in [0.717, 1.165) is 5.57 Å². The molecule has 0 aliphatic carbocycles. The normalized spacial score (nSPS) is 24.0. The molecule has 0 N–H and O–H groups in total. The van der Waals surface area contributed by atoms with Crippen LogP contribution in [0.2, 0.25) is 0 Å². The zero-order chi connectivity index (χ0) is 25.5. The Morgan fingerprint density at radius 3 is 2.31 bits per heavy atom. The summed E-state index contributed by atoms with van der Waals surface area (Å²) in [6.07, 6.45) is 2.13. The molecule has 1 aromatic rings. The highest BCUT2D eigenvalue weighted by Gasteiger charge is 2.64. The van der Waals surface area contributed by atoms with E-state index in [0.29, 0.717) is 23.9 Å². The van der Waals surface area contributed by atoms with E-state index in [1.807, 2.05) is 0 Å². The van der Waals surface area contributed by atoms with Gasteiger partial charge in [-0.2, -0.15) is 0 Å². The van der Waals surface area contributed by atoms with Crippen LogP contribution in [0.15, 0.2) is 35.1 Å². The topological polar surface area (TPSA) is 120 Å². The third-order valence-electron chi connectivity index (χ3n) is 5.49. The van der Waals surface area contributed by atoms with Gasteiger partial charge >= 0.3 is 12.3 Å². The number of rotatable bonds is 5. The van der Waals surface area contributed by atoms with Crippen molar-refractivity contribution in [3.05, 3.63) is 29.9 Å². The highest BCUT2D eigenvalue weighted by atomic mass is 32.2. The second-order valence-electron chi connectivity index (χ2n) is 10.5. The molecule has 1 unspecified atom stereocenters. The van der Waals surface area contributed by atoms with E-state index < -0.39 is 29.6 Å². The molecule has 4 rings (SSSR count). The van der Waals surface area contributed by atoms with E-state index in [1.165, 1.54) is 21.7 Å². The molecule has 3 aliphatic rings. The van der Waals surface area contributed by atoms with Crippen LogP contribution in [0.4, 0.5) is 9.59 Å². The summed E-state index contributed by atoms with van der Waals surface area (Å²) in [5.41, 5.74) is -0.681. The number of thioether (sulfide) groups is 1. The first-order chi connectivity index (χ1) is 16.3. The molecular formula is C23H30N4O7S. The Kier molecular flexibility index (Phi) is 6.71. The average Bonchev–Trinajstić information content (AvgIpc) is 3.00. The minimum atomic E-state index is -0.886. The number of piperidine rings is 1.